The normalized spacial score (nSPS) is 19.7. The van der Waals surface area contributed by atoms with E-state index in [1.165, 1.54) is 0 Å². The molecule has 0 radical (unpaired) electrons. The van der Waals surface area contributed by atoms with Gasteiger partial charge in [-0.15, -0.1) is 0 Å². The molecule has 7 heteroatoms. The van der Waals surface area contributed by atoms with Crippen LogP contribution in [0.2, 0.25) is 0 Å². The zero-order valence-electron chi connectivity index (χ0n) is 14.6. The van der Waals surface area contributed by atoms with Gasteiger partial charge < -0.3 is 10.4 Å². The number of allylic oxidation sites excluding steroid dienone is 1. The van der Waals surface area contributed by atoms with Gasteiger partial charge in [-0.1, -0.05) is 18.2 Å². The van der Waals surface area contributed by atoms with E-state index in [-0.39, 0.29) is 6.61 Å². The van der Waals surface area contributed by atoms with Crippen molar-refractivity contribution in [2.24, 2.45) is 4.99 Å². The highest BCUT2D eigenvalue weighted by Crippen LogP contribution is 2.34. The molecule has 0 spiro atoms. The third-order valence-electron chi connectivity index (χ3n) is 3.95. The summed E-state index contributed by atoms with van der Waals surface area (Å²) in [5.41, 5.74) is 3.45. The van der Waals surface area contributed by atoms with Crippen molar-refractivity contribution in [1.82, 2.24) is 14.7 Å². The van der Waals surface area contributed by atoms with Crippen LogP contribution in [-0.2, 0) is 0 Å². The third-order valence-corrected chi connectivity index (χ3v) is 4.38. The van der Waals surface area contributed by atoms with Crippen LogP contribution in [0, 0.1) is 0 Å². The van der Waals surface area contributed by atoms with Crippen LogP contribution in [0.3, 0.4) is 0 Å². The molecule has 1 aliphatic heterocycles. The number of aliphatic imine (C=N–C) groups is 1. The van der Waals surface area contributed by atoms with Gasteiger partial charge in [-0.25, -0.2) is 9.41 Å². The van der Waals surface area contributed by atoms with Crippen LogP contribution >= 0.6 is 11.8 Å². The number of halogens is 1. The third kappa shape index (κ3) is 4.04. The number of hydrogen-bond acceptors (Lipinski definition) is 6. The number of pyridine rings is 1. The Morgan fingerprint density at radius 3 is 2.58 bits per heavy atom. The van der Waals surface area contributed by atoms with E-state index in [0.717, 1.165) is 22.7 Å². The maximum absolute atomic E-state index is 9.16. The van der Waals surface area contributed by atoms with Gasteiger partial charge in [0.1, 0.15) is 0 Å². The van der Waals surface area contributed by atoms with Gasteiger partial charge in [-0.2, -0.15) is 0 Å². The SMILES string of the molecule is CC1=NC(NCCCO)(Nc2ccccc2)N(Cl)C(c2ccncc2)=C1. The standard InChI is InChI=1S/C19H22ClN5O/c1-15-14-18(16-8-11-21-12-9-16)25(20)19(23-15,22-10-5-13-26)24-17-6-3-2-4-7-17/h2-4,6-9,11-12,14,22,24,26H,5,10,13H2,1H3. The zero-order chi connectivity index (χ0) is 18.4. The van der Waals surface area contributed by atoms with Gasteiger partial charge in [0.25, 0.3) is 5.91 Å². The highest BCUT2D eigenvalue weighted by Gasteiger charge is 2.40. The summed E-state index contributed by atoms with van der Waals surface area (Å²) in [4.78, 5) is 8.82. The fourth-order valence-corrected chi connectivity index (χ4v) is 3.06. The molecule has 26 heavy (non-hydrogen) atoms. The highest BCUT2D eigenvalue weighted by molar-refractivity contribution is 6.20. The van der Waals surface area contributed by atoms with Crippen molar-refractivity contribution in [1.29, 1.82) is 0 Å². The molecule has 1 aliphatic rings. The van der Waals surface area contributed by atoms with Crippen LogP contribution in [0.15, 0.2) is 65.9 Å². The Morgan fingerprint density at radius 1 is 1.15 bits per heavy atom. The molecule has 2 aromatic rings. The minimum Gasteiger partial charge on any atom is -0.396 e. The lowest BCUT2D eigenvalue weighted by atomic mass is 10.1. The van der Waals surface area contributed by atoms with E-state index in [2.05, 4.69) is 15.6 Å². The molecule has 136 valence electrons. The first-order valence-corrected chi connectivity index (χ1v) is 8.82. The first-order valence-electron chi connectivity index (χ1n) is 8.48. The van der Waals surface area contributed by atoms with Gasteiger partial charge in [0.2, 0.25) is 0 Å². The second-order valence-corrected chi connectivity index (χ2v) is 6.30. The number of nitrogens with zero attached hydrogens (tertiary/aromatic N) is 3. The van der Waals surface area contributed by atoms with E-state index in [4.69, 9.17) is 21.9 Å². The summed E-state index contributed by atoms with van der Waals surface area (Å²) in [6.07, 6.45) is 5.98. The van der Waals surface area contributed by atoms with Crippen molar-refractivity contribution < 1.29 is 5.11 Å². The van der Waals surface area contributed by atoms with Crippen molar-refractivity contribution in [3.63, 3.8) is 0 Å². The lowest BCUT2D eigenvalue weighted by Crippen LogP contribution is -2.60. The molecule has 1 aromatic heterocycles. The number of rotatable bonds is 7. The summed E-state index contributed by atoms with van der Waals surface area (Å²) in [6, 6.07) is 13.6. The van der Waals surface area contributed by atoms with E-state index in [0.29, 0.717) is 13.0 Å². The topological polar surface area (TPSA) is 72.8 Å². The first-order chi connectivity index (χ1) is 12.6. The second kappa shape index (κ2) is 8.31. The van der Waals surface area contributed by atoms with E-state index < -0.39 is 5.91 Å². The minimum atomic E-state index is -1.07. The molecule has 0 amide bonds. The first kappa shape index (κ1) is 18.4. The summed E-state index contributed by atoms with van der Waals surface area (Å²) in [7, 11) is 0. The summed E-state index contributed by atoms with van der Waals surface area (Å²) in [6.45, 7) is 2.56. The molecule has 0 fully saturated rings. The summed E-state index contributed by atoms with van der Waals surface area (Å²) >= 11 is 6.78. The van der Waals surface area contributed by atoms with Gasteiger partial charge in [0, 0.05) is 54.3 Å². The molecule has 2 heterocycles. The number of aliphatic hydroxyl groups is 1. The van der Waals surface area contributed by atoms with E-state index in [1.54, 1.807) is 16.8 Å². The van der Waals surface area contributed by atoms with Gasteiger partial charge in [-0.05, 0) is 43.7 Å². The molecular weight excluding hydrogens is 350 g/mol. The van der Waals surface area contributed by atoms with E-state index in [9.17, 15) is 0 Å². The number of para-hydroxylation sites is 1. The number of hydrogen-bond donors (Lipinski definition) is 3. The minimum absolute atomic E-state index is 0.0897. The average molecular weight is 372 g/mol. The molecule has 3 rings (SSSR count). The molecule has 0 saturated carbocycles. The Morgan fingerprint density at radius 2 is 1.88 bits per heavy atom. The maximum atomic E-state index is 9.16. The average Bonchev–Trinajstić information content (AvgIpc) is 2.66. The van der Waals surface area contributed by atoms with Gasteiger partial charge in [-0.3, -0.25) is 10.3 Å². The molecule has 0 aliphatic carbocycles. The Kier molecular flexibility index (Phi) is 5.88. The second-order valence-electron chi connectivity index (χ2n) is 5.97. The molecule has 0 saturated heterocycles. The van der Waals surface area contributed by atoms with Gasteiger partial charge in [0.05, 0.1) is 5.70 Å². The Balaban J connectivity index is 1.98. The predicted molar refractivity (Wildman–Crippen MR) is 106 cm³/mol. The number of aliphatic hydroxyl groups excluding tert-OH is 1. The number of benzene rings is 1. The quantitative estimate of drug-likeness (QED) is 0.396. The zero-order valence-corrected chi connectivity index (χ0v) is 15.3. The lowest BCUT2D eigenvalue weighted by Gasteiger charge is -2.42. The largest absolute Gasteiger partial charge is 0.396 e. The van der Waals surface area contributed by atoms with Crippen LogP contribution in [0.25, 0.3) is 5.70 Å². The molecular formula is C19H22ClN5O. The van der Waals surface area contributed by atoms with Gasteiger partial charge in [0.15, 0.2) is 0 Å². The fourth-order valence-electron chi connectivity index (χ4n) is 2.77. The van der Waals surface area contributed by atoms with Crippen LogP contribution in [0.5, 0.6) is 0 Å². The van der Waals surface area contributed by atoms with Crippen molar-refractivity contribution in [3.05, 3.63) is 66.5 Å². The molecule has 1 unspecified atom stereocenters. The van der Waals surface area contributed by atoms with Crippen molar-refractivity contribution in [2.75, 3.05) is 18.5 Å². The number of aromatic nitrogens is 1. The Hall–Kier alpha value is -2.41. The van der Waals surface area contributed by atoms with E-state index >= 15 is 0 Å². The fraction of sp³-hybridized carbons (Fsp3) is 0.263. The lowest BCUT2D eigenvalue weighted by molar-refractivity contribution is 0.226. The van der Waals surface area contributed by atoms with Crippen molar-refractivity contribution in [3.8, 4) is 0 Å². The summed E-state index contributed by atoms with van der Waals surface area (Å²) in [5, 5.41) is 15.9. The van der Waals surface area contributed by atoms with Crippen LogP contribution in [0.4, 0.5) is 5.69 Å². The van der Waals surface area contributed by atoms with Crippen LogP contribution in [-0.4, -0.2) is 39.3 Å². The summed E-state index contributed by atoms with van der Waals surface area (Å²) < 4.78 is 1.56. The Bertz CT molecular complexity index is 781. The smallest absolute Gasteiger partial charge is 0.283 e. The number of nitrogens with one attached hydrogen (secondary N) is 2. The van der Waals surface area contributed by atoms with Crippen molar-refractivity contribution >= 4 is 28.9 Å². The maximum Gasteiger partial charge on any atom is 0.283 e. The molecule has 3 N–H and O–H groups in total. The number of anilines is 1. The molecule has 0 bridgehead atoms. The van der Waals surface area contributed by atoms with E-state index in [1.807, 2.05) is 55.5 Å². The Labute approximate surface area is 158 Å². The van der Waals surface area contributed by atoms with Crippen LogP contribution < -0.4 is 10.6 Å². The molecule has 6 nitrogen and oxygen atoms in total. The molecule has 1 aromatic carbocycles. The summed E-state index contributed by atoms with van der Waals surface area (Å²) in [5.74, 6) is -1.07. The predicted octanol–water partition coefficient (Wildman–Crippen LogP) is 3.05. The van der Waals surface area contributed by atoms with Crippen LogP contribution in [0.1, 0.15) is 18.9 Å². The van der Waals surface area contributed by atoms with Crippen molar-refractivity contribution in [2.45, 2.75) is 19.3 Å². The molecule has 1 atom stereocenters. The highest BCUT2D eigenvalue weighted by atomic mass is 35.5. The monoisotopic (exact) mass is 371 g/mol. The van der Waals surface area contributed by atoms with Gasteiger partial charge >= 0.3 is 0 Å².